The second-order valence-electron chi connectivity index (χ2n) is 7.36. The normalized spacial score (nSPS) is 15.2. The van der Waals surface area contributed by atoms with Crippen molar-refractivity contribution < 1.29 is 14.7 Å². The Morgan fingerprint density at radius 3 is 2.28 bits per heavy atom. The van der Waals surface area contributed by atoms with E-state index in [1.54, 1.807) is 0 Å². The van der Waals surface area contributed by atoms with Crippen molar-refractivity contribution in [3.63, 3.8) is 0 Å². The van der Waals surface area contributed by atoms with E-state index in [0.29, 0.717) is 13.0 Å². The summed E-state index contributed by atoms with van der Waals surface area (Å²) in [5, 5.41) is 18.0. The zero-order valence-electron chi connectivity index (χ0n) is 16.4. The molecule has 5 nitrogen and oxygen atoms in total. The van der Waals surface area contributed by atoms with Crippen LogP contribution in [0.15, 0.2) is 66.7 Å². The van der Waals surface area contributed by atoms with Crippen molar-refractivity contribution in [3.05, 3.63) is 72.3 Å². The maximum atomic E-state index is 12.2. The number of hydrazine groups is 1. The van der Waals surface area contributed by atoms with Crippen LogP contribution in [0.5, 0.6) is 0 Å². The highest BCUT2D eigenvalue weighted by Crippen LogP contribution is 2.27. The van der Waals surface area contributed by atoms with Crippen LogP contribution in [0.2, 0.25) is 0 Å². The van der Waals surface area contributed by atoms with E-state index in [9.17, 15) is 14.7 Å². The van der Waals surface area contributed by atoms with Crippen LogP contribution < -0.4 is 0 Å². The van der Waals surface area contributed by atoms with Gasteiger partial charge in [-0.1, -0.05) is 55.8 Å². The van der Waals surface area contributed by atoms with Crippen LogP contribution in [0.4, 0.5) is 0 Å². The summed E-state index contributed by atoms with van der Waals surface area (Å²) in [5.41, 5.74) is 0.981. The van der Waals surface area contributed by atoms with E-state index in [4.69, 9.17) is 0 Å². The summed E-state index contributed by atoms with van der Waals surface area (Å²) in [6.07, 6.45) is 3.50. The third kappa shape index (κ3) is 3.79. The lowest BCUT2D eigenvalue weighted by Gasteiger charge is -2.34. The third-order valence-electron chi connectivity index (χ3n) is 5.37. The molecule has 1 N–H and O–H groups in total. The van der Waals surface area contributed by atoms with Crippen molar-refractivity contribution in [2.24, 2.45) is 0 Å². The second kappa shape index (κ2) is 8.15. The van der Waals surface area contributed by atoms with Crippen molar-refractivity contribution in [1.82, 2.24) is 10.0 Å². The van der Waals surface area contributed by atoms with E-state index in [2.05, 4.69) is 30.3 Å². The highest BCUT2D eigenvalue weighted by atomic mass is 16.3. The number of amides is 2. The van der Waals surface area contributed by atoms with Crippen LogP contribution in [0.1, 0.15) is 25.3 Å². The van der Waals surface area contributed by atoms with Gasteiger partial charge in [0.05, 0.1) is 0 Å². The molecule has 5 heteroatoms. The van der Waals surface area contributed by atoms with Gasteiger partial charge in [-0.05, 0) is 45.7 Å². The van der Waals surface area contributed by atoms with Crippen LogP contribution in [0.3, 0.4) is 0 Å². The number of aliphatic hydroxyl groups excluding tert-OH is 1. The average Bonchev–Trinajstić information content (AvgIpc) is 3.05. The van der Waals surface area contributed by atoms with E-state index < -0.39 is 18.0 Å². The largest absolute Gasteiger partial charge is 0.376 e. The Balaban J connectivity index is 1.67. The summed E-state index contributed by atoms with van der Waals surface area (Å²) >= 11 is 0. The molecular weight excluding hydrogens is 364 g/mol. The zero-order chi connectivity index (χ0) is 20.4. The lowest BCUT2D eigenvalue weighted by molar-refractivity contribution is -0.175. The first-order chi connectivity index (χ1) is 14.1. The molecule has 0 bridgehead atoms. The van der Waals surface area contributed by atoms with Gasteiger partial charge in [0.15, 0.2) is 0 Å². The first-order valence-electron chi connectivity index (χ1n) is 9.99. The Kier molecular flexibility index (Phi) is 5.43. The monoisotopic (exact) mass is 388 g/mol. The number of unbranched alkanes of at least 4 members (excludes halogenated alkanes) is 1. The minimum atomic E-state index is -0.980. The lowest BCUT2D eigenvalue weighted by atomic mass is 9.97. The smallest absolute Gasteiger partial charge is 0.268 e. The summed E-state index contributed by atoms with van der Waals surface area (Å²) in [5.74, 6) is -0.817. The molecule has 0 fully saturated rings. The SMILES string of the molecule is CCCCN(C(O)Cc1cccc2cc3ccccc3cc12)N1C(=O)C=CC1=O. The molecule has 0 saturated carbocycles. The van der Waals surface area contributed by atoms with E-state index in [1.807, 2.05) is 31.2 Å². The Morgan fingerprint density at radius 1 is 0.931 bits per heavy atom. The fourth-order valence-corrected chi connectivity index (χ4v) is 3.86. The number of fused-ring (bicyclic) bond motifs is 2. The van der Waals surface area contributed by atoms with Crippen molar-refractivity contribution >= 4 is 33.4 Å². The Morgan fingerprint density at radius 2 is 1.59 bits per heavy atom. The molecule has 1 atom stereocenters. The molecule has 1 aliphatic rings. The fourth-order valence-electron chi connectivity index (χ4n) is 3.86. The minimum absolute atomic E-state index is 0.316. The van der Waals surface area contributed by atoms with Crippen molar-refractivity contribution in [1.29, 1.82) is 0 Å². The highest BCUT2D eigenvalue weighted by Gasteiger charge is 2.33. The summed E-state index contributed by atoms with van der Waals surface area (Å²) in [4.78, 5) is 24.3. The number of imide groups is 1. The van der Waals surface area contributed by atoms with Gasteiger partial charge in [-0.25, -0.2) is 5.01 Å². The van der Waals surface area contributed by atoms with Crippen LogP contribution >= 0.6 is 0 Å². The van der Waals surface area contributed by atoms with Crippen LogP contribution in [0, 0.1) is 0 Å². The predicted molar refractivity (Wildman–Crippen MR) is 114 cm³/mol. The second-order valence-corrected chi connectivity index (χ2v) is 7.36. The van der Waals surface area contributed by atoms with Crippen LogP contribution in [-0.2, 0) is 16.0 Å². The Bertz CT molecular complexity index is 1090. The molecule has 1 unspecified atom stereocenters. The van der Waals surface area contributed by atoms with E-state index in [0.717, 1.165) is 39.6 Å². The molecule has 0 aromatic heterocycles. The molecule has 1 heterocycles. The number of hydrogen-bond acceptors (Lipinski definition) is 4. The number of rotatable bonds is 7. The van der Waals surface area contributed by atoms with Gasteiger partial charge in [0.1, 0.15) is 6.23 Å². The maximum absolute atomic E-state index is 12.2. The highest BCUT2D eigenvalue weighted by molar-refractivity contribution is 6.12. The molecule has 3 aromatic carbocycles. The van der Waals surface area contributed by atoms with Gasteiger partial charge in [0, 0.05) is 25.1 Å². The predicted octanol–water partition coefficient (Wildman–Crippen LogP) is 3.80. The van der Waals surface area contributed by atoms with Gasteiger partial charge in [-0.15, -0.1) is 0 Å². The van der Waals surface area contributed by atoms with Crippen LogP contribution in [0.25, 0.3) is 21.5 Å². The molecule has 1 aliphatic heterocycles. The van der Waals surface area contributed by atoms with Gasteiger partial charge in [-0.2, -0.15) is 5.01 Å². The average molecular weight is 388 g/mol. The lowest BCUT2D eigenvalue weighted by Crippen LogP contribution is -2.52. The molecule has 29 heavy (non-hydrogen) atoms. The maximum Gasteiger partial charge on any atom is 0.268 e. The summed E-state index contributed by atoms with van der Waals surface area (Å²) < 4.78 is 0. The minimum Gasteiger partial charge on any atom is -0.376 e. The number of nitrogens with zero attached hydrogens (tertiary/aromatic N) is 2. The first-order valence-corrected chi connectivity index (χ1v) is 9.99. The zero-order valence-corrected chi connectivity index (χ0v) is 16.4. The molecule has 148 valence electrons. The number of benzene rings is 3. The molecule has 2 amide bonds. The summed E-state index contributed by atoms with van der Waals surface area (Å²) in [6, 6.07) is 18.5. The third-order valence-corrected chi connectivity index (χ3v) is 5.37. The molecule has 4 rings (SSSR count). The molecule has 0 saturated heterocycles. The van der Waals surface area contributed by atoms with Gasteiger partial charge in [0.25, 0.3) is 11.8 Å². The Labute approximate surface area is 169 Å². The van der Waals surface area contributed by atoms with E-state index in [-0.39, 0.29) is 0 Å². The van der Waals surface area contributed by atoms with Crippen LogP contribution in [-0.4, -0.2) is 39.7 Å². The number of aliphatic hydroxyl groups is 1. The van der Waals surface area contributed by atoms with Crippen molar-refractivity contribution in [3.8, 4) is 0 Å². The number of carbonyl (C=O) groups is 2. The molecule has 3 aromatic rings. The topological polar surface area (TPSA) is 60.9 Å². The molecule has 0 aliphatic carbocycles. The van der Waals surface area contributed by atoms with Crippen molar-refractivity contribution in [2.75, 3.05) is 6.54 Å². The quantitative estimate of drug-likeness (QED) is 0.380. The first kappa shape index (κ1) is 19.3. The van der Waals surface area contributed by atoms with E-state index in [1.165, 1.54) is 22.5 Å². The fraction of sp³-hybridized carbons (Fsp3) is 0.250. The van der Waals surface area contributed by atoms with Gasteiger partial charge in [-0.3, -0.25) is 9.59 Å². The van der Waals surface area contributed by atoms with Gasteiger partial charge >= 0.3 is 0 Å². The molecular formula is C24H24N2O3. The molecule has 0 spiro atoms. The van der Waals surface area contributed by atoms with Gasteiger partial charge < -0.3 is 5.11 Å². The number of hydrogen-bond donors (Lipinski definition) is 1. The van der Waals surface area contributed by atoms with Crippen molar-refractivity contribution in [2.45, 2.75) is 32.4 Å². The standard InChI is InChI=1S/C24H24N2O3/c1-2-3-13-25(26-22(27)11-12-23(26)28)24(29)16-20-10-6-9-19-14-17-7-4-5-8-18(17)15-21(19)20/h4-12,14-15,24,29H,2-3,13,16H2,1H3. The molecule has 0 radical (unpaired) electrons. The Hall–Kier alpha value is -3.02. The number of carbonyl (C=O) groups excluding carboxylic acids is 2. The van der Waals surface area contributed by atoms with Gasteiger partial charge in [0.2, 0.25) is 0 Å². The van der Waals surface area contributed by atoms with E-state index >= 15 is 0 Å². The summed E-state index contributed by atoms with van der Waals surface area (Å²) in [7, 11) is 0. The summed E-state index contributed by atoms with van der Waals surface area (Å²) in [6.45, 7) is 2.47.